The van der Waals surface area contributed by atoms with Gasteiger partial charge in [-0.15, -0.1) is 0 Å². The van der Waals surface area contributed by atoms with Gasteiger partial charge in [-0.1, -0.05) is 24.1 Å². The van der Waals surface area contributed by atoms with E-state index in [4.69, 9.17) is 0 Å². The molecule has 0 radical (unpaired) electrons. The van der Waals surface area contributed by atoms with Crippen LogP contribution in [0.1, 0.15) is 30.4 Å². The van der Waals surface area contributed by atoms with Crippen molar-refractivity contribution in [1.82, 2.24) is 14.9 Å². The number of carbonyl (C=O) groups excluding carboxylic acids is 2. The van der Waals surface area contributed by atoms with Gasteiger partial charge in [0.05, 0.1) is 0 Å². The number of pyridine rings is 1. The van der Waals surface area contributed by atoms with Crippen LogP contribution in [0.15, 0.2) is 54.9 Å². The summed E-state index contributed by atoms with van der Waals surface area (Å²) in [6.07, 6.45) is 6.26. The van der Waals surface area contributed by atoms with Crippen LogP contribution < -0.4 is 0 Å². The quantitative estimate of drug-likeness (QED) is 0.685. The number of aromatic amines is 1. The van der Waals surface area contributed by atoms with Crippen LogP contribution >= 0.6 is 0 Å². The maximum Gasteiger partial charge on any atom is 0.298 e. The number of benzene rings is 1. The summed E-state index contributed by atoms with van der Waals surface area (Å²) in [7, 11) is 0. The average molecular weight is 385 g/mol. The summed E-state index contributed by atoms with van der Waals surface area (Å²) in [5.74, 6) is 5.96. The fraction of sp³-hybridized carbons (Fsp3) is 0.292. The Morgan fingerprint density at radius 2 is 2.03 bits per heavy atom. The minimum Gasteiger partial charge on any atom is -0.346 e. The molecule has 1 aromatic carbocycles. The first-order valence-corrected chi connectivity index (χ1v) is 9.97. The first kappa shape index (κ1) is 18.9. The molecule has 1 atom stereocenters. The van der Waals surface area contributed by atoms with E-state index in [0.717, 1.165) is 28.6 Å². The van der Waals surface area contributed by atoms with Gasteiger partial charge in [0, 0.05) is 55.2 Å². The number of nitrogens with one attached hydrogen (secondary N) is 1. The molecule has 0 bridgehead atoms. The van der Waals surface area contributed by atoms with Crippen molar-refractivity contribution >= 4 is 22.7 Å². The molecule has 146 valence electrons. The Morgan fingerprint density at radius 1 is 1.17 bits per heavy atom. The zero-order valence-corrected chi connectivity index (χ0v) is 16.2. The van der Waals surface area contributed by atoms with Crippen LogP contribution in [0.25, 0.3) is 11.0 Å². The molecule has 5 heteroatoms. The number of rotatable bonds is 5. The number of aromatic nitrogens is 2. The van der Waals surface area contributed by atoms with Crippen LogP contribution in [-0.4, -0.2) is 39.6 Å². The number of hydrogen-bond donors (Lipinski definition) is 1. The summed E-state index contributed by atoms with van der Waals surface area (Å²) in [6.45, 7) is 1.29. The van der Waals surface area contributed by atoms with Crippen LogP contribution in [-0.2, 0) is 16.0 Å². The lowest BCUT2D eigenvalue weighted by Crippen LogP contribution is -2.27. The highest BCUT2D eigenvalue weighted by molar-refractivity contribution is 5.94. The number of nitrogens with zero attached hydrogens (tertiary/aromatic N) is 2. The lowest BCUT2D eigenvalue weighted by molar-refractivity contribution is -0.125. The molecular formula is C24H23N3O2. The average Bonchev–Trinajstić information content (AvgIpc) is 3.41. The van der Waals surface area contributed by atoms with Crippen molar-refractivity contribution in [2.24, 2.45) is 5.92 Å². The number of likely N-dealkylation sites (tertiary alicyclic amines) is 1. The Kier molecular flexibility index (Phi) is 5.71. The maximum atomic E-state index is 12.5. The van der Waals surface area contributed by atoms with Gasteiger partial charge >= 0.3 is 0 Å². The van der Waals surface area contributed by atoms with E-state index < -0.39 is 0 Å². The molecule has 0 spiro atoms. The van der Waals surface area contributed by atoms with Crippen molar-refractivity contribution in [3.05, 3.63) is 66.0 Å². The SMILES string of the molecule is O=C(CCc1ccnc2[nH]ccc12)CC1CCN(C(=O)C#Cc2ccccc2)C1. The van der Waals surface area contributed by atoms with E-state index >= 15 is 0 Å². The van der Waals surface area contributed by atoms with Crippen LogP contribution in [0.3, 0.4) is 0 Å². The summed E-state index contributed by atoms with van der Waals surface area (Å²) < 4.78 is 0. The van der Waals surface area contributed by atoms with Crippen molar-refractivity contribution < 1.29 is 9.59 Å². The summed E-state index contributed by atoms with van der Waals surface area (Å²) >= 11 is 0. The Morgan fingerprint density at radius 3 is 2.90 bits per heavy atom. The monoisotopic (exact) mass is 385 g/mol. The van der Waals surface area contributed by atoms with E-state index in [-0.39, 0.29) is 17.6 Å². The second-order valence-electron chi connectivity index (χ2n) is 7.47. The smallest absolute Gasteiger partial charge is 0.298 e. The number of hydrogen-bond acceptors (Lipinski definition) is 3. The molecular weight excluding hydrogens is 362 g/mol. The third-order valence-electron chi connectivity index (χ3n) is 5.40. The molecule has 0 aliphatic carbocycles. The topological polar surface area (TPSA) is 66.1 Å². The molecule has 1 amide bonds. The predicted molar refractivity (Wildman–Crippen MR) is 112 cm³/mol. The van der Waals surface area contributed by atoms with Crippen LogP contribution in [0.2, 0.25) is 0 Å². The standard InChI is InChI=1S/C24H23N3O2/c28-21(8-7-20-10-13-25-24-22(20)11-14-26-24)16-19-12-15-27(17-19)23(29)9-6-18-4-2-1-3-5-18/h1-5,10-11,13-14,19H,7-8,12,15-17H2,(H,25,26). The number of carbonyl (C=O) groups is 2. The maximum absolute atomic E-state index is 12.5. The highest BCUT2D eigenvalue weighted by atomic mass is 16.2. The molecule has 1 fully saturated rings. The van der Waals surface area contributed by atoms with E-state index in [2.05, 4.69) is 21.8 Å². The Hall–Kier alpha value is -3.39. The molecule has 1 saturated heterocycles. The molecule has 0 saturated carbocycles. The fourth-order valence-electron chi connectivity index (χ4n) is 3.84. The van der Waals surface area contributed by atoms with Gasteiger partial charge in [0.15, 0.2) is 0 Å². The van der Waals surface area contributed by atoms with E-state index in [0.29, 0.717) is 32.4 Å². The molecule has 1 aliphatic heterocycles. The van der Waals surface area contributed by atoms with Gasteiger partial charge < -0.3 is 9.88 Å². The molecule has 5 nitrogen and oxygen atoms in total. The summed E-state index contributed by atoms with van der Waals surface area (Å²) in [4.78, 5) is 33.9. The van der Waals surface area contributed by atoms with E-state index in [1.54, 1.807) is 11.1 Å². The van der Waals surface area contributed by atoms with E-state index in [1.807, 2.05) is 48.7 Å². The largest absolute Gasteiger partial charge is 0.346 e. The lowest BCUT2D eigenvalue weighted by Gasteiger charge is -2.13. The summed E-state index contributed by atoms with van der Waals surface area (Å²) in [6, 6.07) is 13.5. The lowest BCUT2D eigenvalue weighted by atomic mass is 9.97. The van der Waals surface area contributed by atoms with Crippen LogP contribution in [0.4, 0.5) is 0 Å². The highest BCUT2D eigenvalue weighted by Crippen LogP contribution is 2.22. The number of fused-ring (bicyclic) bond motifs is 1. The molecule has 1 N–H and O–H groups in total. The van der Waals surface area contributed by atoms with Crippen molar-refractivity contribution in [2.45, 2.75) is 25.7 Å². The first-order chi connectivity index (χ1) is 14.2. The number of amides is 1. The number of ketones is 1. The van der Waals surface area contributed by atoms with Gasteiger partial charge in [0.25, 0.3) is 5.91 Å². The Balaban J connectivity index is 1.26. The molecule has 3 aromatic rings. The van der Waals surface area contributed by atoms with E-state index in [1.165, 1.54) is 0 Å². The van der Waals surface area contributed by atoms with E-state index in [9.17, 15) is 9.59 Å². The Labute approximate surface area is 170 Å². The van der Waals surface area contributed by atoms with Crippen molar-refractivity contribution in [2.75, 3.05) is 13.1 Å². The molecule has 4 rings (SSSR count). The zero-order chi connectivity index (χ0) is 20.1. The predicted octanol–water partition coefficient (Wildman–Crippen LogP) is 3.35. The van der Waals surface area contributed by atoms with Crippen molar-refractivity contribution in [3.8, 4) is 11.8 Å². The van der Waals surface area contributed by atoms with Crippen molar-refractivity contribution in [3.63, 3.8) is 0 Å². The number of H-pyrrole nitrogens is 1. The van der Waals surface area contributed by atoms with Gasteiger partial charge in [-0.05, 0) is 48.6 Å². The second kappa shape index (κ2) is 8.74. The third kappa shape index (κ3) is 4.72. The van der Waals surface area contributed by atoms with Gasteiger partial charge in [-0.2, -0.15) is 0 Å². The molecule has 1 aliphatic rings. The molecule has 1 unspecified atom stereocenters. The number of Topliss-reactive ketones (excluding diaryl/α,β-unsaturated/α-hetero) is 1. The minimum atomic E-state index is -0.157. The first-order valence-electron chi connectivity index (χ1n) is 9.97. The van der Waals surface area contributed by atoms with Crippen molar-refractivity contribution in [1.29, 1.82) is 0 Å². The van der Waals surface area contributed by atoms with Gasteiger partial charge in [0.2, 0.25) is 0 Å². The minimum absolute atomic E-state index is 0.157. The highest BCUT2D eigenvalue weighted by Gasteiger charge is 2.27. The number of aryl methyl sites for hydroxylation is 1. The van der Waals surface area contributed by atoms with Crippen LogP contribution in [0, 0.1) is 17.8 Å². The van der Waals surface area contributed by atoms with Gasteiger partial charge in [-0.25, -0.2) is 4.98 Å². The zero-order valence-electron chi connectivity index (χ0n) is 16.2. The third-order valence-corrected chi connectivity index (χ3v) is 5.40. The molecule has 29 heavy (non-hydrogen) atoms. The molecule has 3 heterocycles. The van der Waals surface area contributed by atoms with Gasteiger partial charge in [-0.3, -0.25) is 9.59 Å². The second-order valence-corrected chi connectivity index (χ2v) is 7.47. The van der Waals surface area contributed by atoms with Crippen LogP contribution in [0.5, 0.6) is 0 Å². The fourth-order valence-corrected chi connectivity index (χ4v) is 3.84. The summed E-state index contributed by atoms with van der Waals surface area (Å²) in [5.41, 5.74) is 2.83. The Bertz CT molecular complexity index is 1080. The normalized spacial score (nSPS) is 15.9. The van der Waals surface area contributed by atoms with Gasteiger partial charge in [0.1, 0.15) is 11.4 Å². The summed E-state index contributed by atoms with van der Waals surface area (Å²) in [5, 5.41) is 1.08. The molecule has 2 aromatic heterocycles.